The van der Waals surface area contributed by atoms with E-state index in [1.807, 2.05) is 0 Å². The van der Waals surface area contributed by atoms with E-state index in [0.717, 1.165) is 30.9 Å². The molecule has 1 aliphatic rings. The molecule has 0 aliphatic heterocycles. The van der Waals surface area contributed by atoms with Crippen molar-refractivity contribution in [3.63, 3.8) is 0 Å². The van der Waals surface area contributed by atoms with Crippen LogP contribution in [0.2, 0.25) is 0 Å². The molecular weight excluding hydrogens is 186 g/mol. The summed E-state index contributed by atoms with van der Waals surface area (Å²) in [6, 6.07) is 2.13. The SMILES string of the molecule is Cc1cc(C2CCC2)nc(CCCN)n1. The van der Waals surface area contributed by atoms with Gasteiger partial charge in [-0.1, -0.05) is 6.42 Å². The molecular formula is C12H19N3. The fourth-order valence-corrected chi connectivity index (χ4v) is 1.94. The zero-order valence-electron chi connectivity index (χ0n) is 9.37. The molecule has 0 amide bonds. The highest BCUT2D eigenvalue weighted by atomic mass is 14.9. The van der Waals surface area contributed by atoms with Gasteiger partial charge in [-0.15, -0.1) is 0 Å². The monoisotopic (exact) mass is 205 g/mol. The molecule has 1 aromatic rings. The quantitative estimate of drug-likeness (QED) is 0.817. The predicted molar refractivity (Wildman–Crippen MR) is 60.7 cm³/mol. The Morgan fingerprint density at radius 3 is 2.80 bits per heavy atom. The third-order valence-electron chi connectivity index (χ3n) is 3.05. The van der Waals surface area contributed by atoms with Crippen LogP contribution in [0, 0.1) is 6.92 Å². The summed E-state index contributed by atoms with van der Waals surface area (Å²) in [7, 11) is 0. The van der Waals surface area contributed by atoms with Crippen molar-refractivity contribution in [3.05, 3.63) is 23.3 Å². The average molecular weight is 205 g/mol. The van der Waals surface area contributed by atoms with Gasteiger partial charge in [0.25, 0.3) is 0 Å². The molecule has 1 fully saturated rings. The zero-order chi connectivity index (χ0) is 10.7. The van der Waals surface area contributed by atoms with Crippen molar-refractivity contribution in [1.29, 1.82) is 0 Å². The molecule has 0 atom stereocenters. The lowest BCUT2D eigenvalue weighted by molar-refractivity contribution is 0.409. The van der Waals surface area contributed by atoms with Gasteiger partial charge < -0.3 is 5.73 Å². The second kappa shape index (κ2) is 4.71. The predicted octanol–water partition coefficient (Wildman–Crippen LogP) is 1.94. The fourth-order valence-electron chi connectivity index (χ4n) is 1.94. The number of rotatable bonds is 4. The van der Waals surface area contributed by atoms with Gasteiger partial charge >= 0.3 is 0 Å². The van der Waals surface area contributed by atoms with Crippen molar-refractivity contribution < 1.29 is 0 Å². The molecule has 0 bridgehead atoms. The van der Waals surface area contributed by atoms with Gasteiger partial charge in [-0.2, -0.15) is 0 Å². The second-order valence-electron chi connectivity index (χ2n) is 4.37. The molecule has 1 saturated carbocycles. The van der Waals surface area contributed by atoms with E-state index in [2.05, 4.69) is 23.0 Å². The Balaban J connectivity index is 2.12. The first-order chi connectivity index (χ1) is 7.29. The number of aryl methyl sites for hydroxylation is 2. The van der Waals surface area contributed by atoms with Gasteiger partial charge in [0, 0.05) is 23.7 Å². The number of nitrogens with zero attached hydrogens (tertiary/aromatic N) is 2. The summed E-state index contributed by atoms with van der Waals surface area (Å²) in [5.74, 6) is 1.67. The minimum Gasteiger partial charge on any atom is -0.330 e. The first-order valence-corrected chi connectivity index (χ1v) is 5.84. The van der Waals surface area contributed by atoms with E-state index in [9.17, 15) is 0 Å². The van der Waals surface area contributed by atoms with Gasteiger partial charge in [-0.25, -0.2) is 9.97 Å². The van der Waals surface area contributed by atoms with Gasteiger partial charge in [0.05, 0.1) is 0 Å². The lowest BCUT2D eigenvalue weighted by Crippen LogP contribution is -2.13. The number of aromatic nitrogens is 2. The fraction of sp³-hybridized carbons (Fsp3) is 0.667. The summed E-state index contributed by atoms with van der Waals surface area (Å²) >= 11 is 0. The Labute approximate surface area is 91.1 Å². The Bertz CT molecular complexity index is 332. The van der Waals surface area contributed by atoms with Gasteiger partial charge in [-0.05, 0) is 38.8 Å². The van der Waals surface area contributed by atoms with Crippen LogP contribution in [-0.2, 0) is 6.42 Å². The minimum absolute atomic E-state index is 0.698. The van der Waals surface area contributed by atoms with E-state index >= 15 is 0 Å². The van der Waals surface area contributed by atoms with Gasteiger partial charge in [0.2, 0.25) is 0 Å². The maximum absolute atomic E-state index is 5.49. The molecule has 1 heterocycles. The van der Waals surface area contributed by atoms with E-state index in [1.165, 1.54) is 25.0 Å². The lowest BCUT2D eigenvalue weighted by atomic mass is 9.82. The molecule has 15 heavy (non-hydrogen) atoms. The van der Waals surface area contributed by atoms with Gasteiger partial charge in [0.15, 0.2) is 0 Å². The van der Waals surface area contributed by atoms with Crippen molar-refractivity contribution >= 4 is 0 Å². The number of hydrogen-bond acceptors (Lipinski definition) is 3. The third-order valence-corrected chi connectivity index (χ3v) is 3.05. The van der Waals surface area contributed by atoms with Gasteiger partial charge in [0.1, 0.15) is 5.82 Å². The molecule has 0 unspecified atom stereocenters. The normalized spacial score (nSPS) is 16.4. The van der Waals surface area contributed by atoms with Crippen LogP contribution in [0.4, 0.5) is 0 Å². The van der Waals surface area contributed by atoms with Crippen LogP contribution >= 0.6 is 0 Å². The van der Waals surface area contributed by atoms with E-state index in [0.29, 0.717) is 5.92 Å². The highest BCUT2D eigenvalue weighted by Gasteiger charge is 2.21. The highest BCUT2D eigenvalue weighted by molar-refractivity contribution is 5.16. The molecule has 0 spiro atoms. The second-order valence-corrected chi connectivity index (χ2v) is 4.37. The molecule has 2 rings (SSSR count). The molecule has 0 saturated heterocycles. The zero-order valence-corrected chi connectivity index (χ0v) is 9.37. The number of nitrogens with two attached hydrogens (primary N) is 1. The van der Waals surface area contributed by atoms with E-state index in [-0.39, 0.29) is 0 Å². The Kier molecular flexibility index (Phi) is 3.31. The summed E-state index contributed by atoms with van der Waals surface area (Å²) in [5, 5.41) is 0. The minimum atomic E-state index is 0.698. The maximum Gasteiger partial charge on any atom is 0.128 e. The largest absolute Gasteiger partial charge is 0.330 e. The first kappa shape index (κ1) is 10.6. The molecule has 3 nitrogen and oxygen atoms in total. The summed E-state index contributed by atoms with van der Waals surface area (Å²) < 4.78 is 0. The maximum atomic E-state index is 5.49. The third kappa shape index (κ3) is 2.53. The summed E-state index contributed by atoms with van der Waals surface area (Å²) in [5.41, 5.74) is 7.84. The Morgan fingerprint density at radius 2 is 2.20 bits per heavy atom. The van der Waals surface area contributed by atoms with Crippen LogP contribution in [0.3, 0.4) is 0 Å². The lowest BCUT2D eigenvalue weighted by Gasteiger charge is -2.25. The van der Waals surface area contributed by atoms with Crippen LogP contribution in [0.1, 0.15) is 48.8 Å². The molecule has 0 aromatic carbocycles. The van der Waals surface area contributed by atoms with E-state index in [4.69, 9.17) is 5.73 Å². The van der Waals surface area contributed by atoms with Crippen LogP contribution in [0.5, 0.6) is 0 Å². The Hall–Kier alpha value is -0.960. The van der Waals surface area contributed by atoms with Gasteiger partial charge in [-0.3, -0.25) is 0 Å². The van der Waals surface area contributed by atoms with Crippen molar-refractivity contribution in [2.75, 3.05) is 6.54 Å². The number of hydrogen-bond donors (Lipinski definition) is 1. The molecule has 1 aromatic heterocycles. The van der Waals surface area contributed by atoms with E-state index < -0.39 is 0 Å². The smallest absolute Gasteiger partial charge is 0.128 e. The van der Waals surface area contributed by atoms with E-state index in [1.54, 1.807) is 0 Å². The van der Waals surface area contributed by atoms with Crippen LogP contribution in [0.25, 0.3) is 0 Å². The highest BCUT2D eigenvalue weighted by Crippen LogP contribution is 2.35. The molecule has 3 heteroatoms. The summed E-state index contributed by atoms with van der Waals surface area (Å²) in [6.07, 6.45) is 5.84. The topological polar surface area (TPSA) is 51.8 Å². The van der Waals surface area contributed by atoms with Crippen molar-refractivity contribution in [3.8, 4) is 0 Å². The molecule has 2 N–H and O–H groups in total. The molecule has 0 radical (unpaired) electrons. The average Bonchev–Trinajstić information content (AvgIpc) is 2.11. The van der Waals surface area contributed by atoms with Crippen molar-refractivity contribution in [2.45, 2.75) is 44.9 Å². The molecule has 1 aliphatic carbocycles. The Morgan fingerprint density at radius 1 is 1.40 bits per heavy atom. The summed E-state index contributed by atoms with van der Waals surface area (Å²) in [4.78, 5) is 9.07. The first-order valence-electron chi connectivity index (χ1n) is 5.84. The summed E-state index contributed by atoms with van der Waals surface area (Å²) in [6.45, 7) is 2.77. The standard InChI is InChI=1S/C12H19N3/c1-9-8-11(10-4-2-5-10)15-12(14-9)6-3-7-13/h8,10H,2-7,13H2,1H3. The van der Waals surface area contributed by atoms with Crippen LogP contribution in [-0.4, -0.2) is 16.5 Å². The van der Waals surface area contributed by atoms with Crippen LogP contribution in [0.15, 0.2) is 6.07 Å². The van der Waals surface area contributed by atoms with Crippen molar-refractivity contribution in [2.24, 2.45) is 5.73 Å². The van der Waals surface area contributed by atoms with Crippen molar-refractivity contribution in [1.82, 2.24) is 9.97 Å². The van der Waals surface area contributed by atoms with Crippen LogP contribution < -0.4 is 5.73 Å². The molecule has 82 valence electrons.